The van der Waals surface area contributed by atoms with E-state index in [0.717, 1.165) is 24.3 Å². The molecule has 2 aromatic carbocycles. The fraction of sp³-hybridized carbons (Fsp3) is 0.294. The van der Waals surface area contributed by atoms with E-state index in [4.69, 9.17) is 10.5 Å². The molecule has 0 saturated carbocycles. The summed E-state index contributed by atoms with van der Waals surface area (Å²) < 4.78 is 5.98. The number of nitrogens with two attached hydrogens (primary N) is 1. The fourth-order valence-electron chi connectivity index (χ4n) is 2.69. The highest BCUT2D eigenvalue weighted by Gasteiger charge is 2.26. The topological polar surface area (TPSA) is 35.2 Å². The normalized spacial score (nSPS) is 18.3. The summed E-state index contributed by atoms with van der Waals surface area (Å²) in [6.45, 7) is 2.72. The number of benzene rings is 2. The molecule has 0 bridgehead atoms. The highest BCUT2D eigenvalue weighted by molar-refractivity contribution is 5.41. The maximum atomic E-state index is 5.98. The SMILES string of the molecule is C[C@H](N)c1ccccc1OCC1Cc2ccccc21. The molecule has 98 valence electrons. The second kappa shape index (κ2) is 5.06. The van der Waals surface area contributed by atoms with Gasteiger partial charge in [-0.3, -0.25) is 0 Å². The van der Waals surface area contributed by atoms with Gasteiger partial charge in [-0.25, -0.2) is 0 Å². The minimum Gasteiger partial charge on any atom is -0.493 e. The quantitative estimate of drug-likeness (QED) is 0.906. The number of hydrogen-bond donors (Lipinski definition) is 1. The highest BCUT2D eigenvalue weighted by Crippen LogP contribution is 2.35. The second-order valence-corrected chi connectivity index (χ2v) is 5.24. The van der Waals surface area contributed by atoms with Crippen molar-refractivity contribution in [3.63, 3.8) is 0 Å². The molecular formula is C17H19NO. The first kappa shape index (κ1) is 12.2. The Bertz CT molecular complexity index is 577. The van der Waals surface area contributed by atoms with E-state index in [1.165, 1.54) is 11.1 Å². The molecule has 1 aliphatic carbocycles. The summed E-state index contributed by atoms with van der Waals surface area (Å²) in [6.07, 6.45) is 1.12. The van der Waals surface area contributed by atoms with E-state index in [1.54, 1.807) is 0 Å². The minimum atomic E-state index is 0.00452. The summed E-state index contributed by atoms with van der Waals surface area (Å²) in [5.41, 5.74) is 9.93. The third kappa shape index (κ3) is 2.36. The van der Waals surface area contributed by atoms with Gasteiger partial charge in [-0.05, 0) is 30.5 Å². The number of para-hydroxylation sites is 1. The smallest absolute Gasteiger partial charge is 0.124 e. The maximum Gasteiger partial charge on any atom is 0.124 e. The summed E-state index contributed by atoms with van der Waals surface area (Å²) in [7, 11) is 0. The van der Waals surface area contributed by atoms with E-state index in [2.05, 4.69) is 24.3 Å². The van der Waals surface area contributed by atoms with Crippen LogP contribution in [0.15, 0.2) is 48.5 Å². The van der Waals surface area contributed by atoms with Crippen molar-refractivity contribution in [2.75, 3.05) is 6.61 Å². The van der Waals surface area contributed by atoms with E-state index in [9.17, 15) is 0 Å². The number of hydrogen-bond acceptors (Lipinski definition) is 2. The van der Waals surface area contributed by atoms with Gasteiger partial charge < -0.3 is 10.5 Å². The molecule has 19 heavy (non-hydrogen) atoms. The third-order valence-electron chi connectivity index (χ3n) is 3.81. The van der Waals surface area contributed by atoms with Gasteiger partial charge in [0.2, 0.25) is 0 Å². The Morgan fingerprint density at radius 3 is 2.68 bits per heavy atom. The second-order valence-electron chi connectivity index (χ2n) is 5.24. The molecule has 0 aromatic heterocycles. The summed E-state index contributed by atoms with van der Waals surface area (Å²) in [5, 5.41) is 0. The van der Waals surface area contributed by atoms with Crippen LogP contribution in [0.4, 0.5) is 0 Å². The van der Waals surface area contributed by atoms with Crippen LogP contribution in [0.5, 0.6) is 5.75 Å². The van der Waals surface area contributed by atoms with E-state index in [1.807, 2.05) is 31.2 Å². The van der Waals surface area contributed by atoms with Crippen molar-refractivity contribution in [1.29, 1.82) is 0 Å². The molecular weight excluding hydrogens is 234 g/mol. The van der Waals surface area contributed by atoms with Crippen LogP contribution in [0, 0.1) is 0 Å². The molecule has 2 atom stereocenters. The van der Waals surface area contributed by atoms with Crippen LogP contribution in [-0.2, 0) is 6.42 Å². The first-order valence-electron chi connectivity index (χ1n) is 6.81. The molecule has 2 N–H and O–H groups in total. The fourth-order valence-corrected chi connectivity index (χ4v) is 2.69. The van der Waals surface area contributed by atoms with Gasteiger partial charge in [-0.15, -0.1) is 0 Å². The van der Waals surface area contributed by atoms with Gasteiger partial charge in [0.1, 0.15) is 5.75 Å². The van der Waals surface area contributed by atoms with E-state index in [0.29, 0.717) is 5.92 Å². The van der Waals surface area contributed by atoms with Gasteiger partial charge in [0.15, 0.2) is 0 Å². The first-order chi connectivity index (χ1) is 9.25. The van der Waals surface area contributed by atoms with Crippen LogP contribution in [0.1, 0.15) is 35.6 Å². The van der Waals surface area contributed by atoms with E-state index in [-0.39, 0.29) is 6.04 Å². The molecule has 2 nitrogen and oxygen atoms in total. The average molecular weight is 253 g/mol. The molecule has 0 saturated heterocycles. The van der Waals surface area contributed by atoms with Gasteiger partial charge in [0.25, 0.3) is 0 Å². The zero-order valence-electron chi connectivity index (χ0n) is 11.2. The summed E-state index contributed by atoms with van der Waals surface area (Å²) >= 11 is 0. The van der Waals surface area contributed by atoms with Crippen LogP contribution in [-0.4, -0.2) is 6.61 Å². The van der Waals surface area contributed by atoms with E-state index < -0.39 is 0 Å². The van der Waals surface area contributed by atoms with Crippen LogP contribution in [0.25, 0.3) is 0 Å². The Morgan fingerprint density at radius 2 is 1.89 bits per heavy atom. The van der Waals surface area contributed by atoms with Crippen molar-refractivity contribution >= 4 is 0 Å². The standard InChI is InChI=1S/C17H19NO/c1-12(18)15-7-4-5-9-17(15)19-11-14-10-13-6-2-3-8-16(13)14/h2-9,12,14H,10-11,18H2,1H3/t12-,14?/m0/s1. The Morgan fingerprint density at radius 1 is 1.16 bits per heavy atom. The van der Waals surface area contributed by atoms with Gasteiger partial charge in [0.05, 0.1) is 6.61 Å². The third-order valence-corrected chi connectivity index (χ3v) is 3.81. The Balaban J connectivity index is 1.69. The Labute approximate surface area is 114 Å². The Kier molecular flexibility index (Phi) is 3.26. The molecule has 0 fully saturated rings. The molecule has 0 amide bonds. The van der Waals surface area contributed by atoms with Crippen LogP contribution in [0.2, 0.25) is 0 Å². The first-order valence-corrected chi connectivity index (χ1v) is 6.81. The minimum absolute atomic E-state index is 0.00452. The summed E-state index contributed by atoms with van der Waals surface area (Å²) in [4.78, 5) is 0. The van der Waals surface area contributed by atoms with Crippen molar-refractivity contribution in [3.8, 4) is 5.75 Å². The molecule has 1 unspecified atom stereocenters. The van der Waals surface area contributed by atoms with Crippen molar-refractivity contribution in [3.05, 3.63) is 65.2 Å². The Hall–Kier alpha value is -1.80. The molecule has 0 spiro atoms. The molecule has 1 aliphatic rings. The zero-order valence-corrected chi connectivity index (χ0v) is 11.2. The summed E-state index contributed by atoms with van der Waals surface area (Å²) in [6, 6.07) is 16.6. The lowest BCUT2D eigenvalue weighted by Gasteiger charge is -2.30. The van der Waals surface area contributed by atoms with Crippen LogP contribution in [0.3, 0.4) is 0 Å². The van der Waals surface area contributed by atoms with Crippen molar-refractivity contribution in [1.82, 2.24) is 0 Å². The monoisotopic (exact) mass is 253 g/mol. The largest absolute Gasteiger partial charge is 0.493 e. The predicted molar refractivity (Wildman–Crippen MR) is 77.4 cm³/mol. The van der Waals surface area contributed by atoms with Crippen molar-refractivity contribution in [2.24, 2.45) is 5.73 Å². The van der Waals surface area contributed by atoms with Crippen LogP contribution < -0.4 is 10.5 Å². The van der Waals surface area contributed by atoms with E-state index >= 15 is 0 Å². The molecule has 0 heterocycles. The molecule has 2 heteroatoms. The molecule has 2 aromatic rings. The number of fused-ring (bicyclic) bond motifs is 1. The van der Waals surface area contributed by atoms with Crippen molar-refractivity contribution < 1.29 is 4.74 Å². The van der Waals surface area contributed by atoms with Crippen molar-refractivity contribution in [2.45, 2.75) is 25.3 Å². The lowest BCUT2D eigenvalue weighted by Crippen LogP contribution is -2.23. The lowest BCUT2D eigenvalue weighted by molar-refractivity contribution is 0.272. The molecule has 0 radical (unpaired) electrons. The lowest BCUT2D eigenvalue weighted by atomic mass is 9.78. The summed E-state index contributed by atoms with van der Waals surface area (Å²) in [5.74, 6) is 1.44. The number of rotatable bonds is 4. The van der Waals surface area contributed by atoms with Gasteiger partial charge in [-0.2, -0.15) is 0 Å². The highest BCUT2D eigenvalue weighted by atomic mass is 16.5. The van der Waals surface area contributed by atoms with Gasteiger partial charge in [0, 0.05) is 17.5 Å². The zero-order chi connectivity index (χ0) is 13.2. The van der Waals surface area contributed by atoms with Gasteiger partial charge in [-0.1, -0.05) is 42.5 Å². The molecule has 3 rings (SSSR count). The van der Waals surface area contributed by atoms with Crippen LogP contribution >= 0.6 is 0 Å². The number of ether oxygens (including phenoxy) is 1. The predicted octanol–water partition coefficient (Wildman–Crippen LogP) is 3.43. The average Bonchev–Trinajstić information content (AvgIpc) is 2.40. The van der Waals surface area contributed by atoms with Gasteiger partial charge >= 0.3 is 0 Å². The molecule has 0 aliphatic heterocycles. The maximum absolute atomic E-state index is 5.98.